The number of halogens is 2. The van der Waals surface area contributed by atoms with E-state index in [1.807, 2.05) is 0 Å². The molecule has 0 atom stereocenters. The highest BCUT2D eigenvalue weighted by Crippen LogP contribution is 2.33. The van der Waals surface area contributed by atoms with Crippen LogP contribution >= 0.6 is 34.7 Å². The predicted octanol–water partition coefficient (Wildman–Crippen LogP) is 1.57. The van der Waals surface area contributed by atoms with Gasteiger partial charge in [-0.3, -0.25) is 19.5 Å². The summed E-state index contributed by atoms with van der Waals surface area (Å²) in [6, 6.07) is 2.40. The molecule has 0 bridgehead atoms. The van der Waals surface area contributed by atoms with E-state index >= 15 is 0 Å². The number of nitrogens with zero attached hydrogens (tertiary/aromatic N) is 2. The topological polar surface area (TPSA) is 93.5 Å². The van der Waals surface area contributed by atoms with Gasteiger partial charge < -0.3 is 4.74 Å². The fourth-order valence-corrected chi connectivity index (χ4v) is 3.18. The van der Waals surface area contributed by atoms with Gasteiger partial charge in [0.15, 0.2) is 0 Å². The maximum atomic E-state index is 13.9. The summed E-state index contributed by atoms with van der Waals surface area (Å²) in [5.74, 6) is -1.16. The van der Waals surface area contributed by atoms with Crippen LogP contribution < -0.4 is 9.67 Å². The van der Waals surface area contributed by atoms with E-state index < -0.39 is 16.7 Å². The maximum absolute atomic E-state index is 13.9. The summed E-state index contributed by atoms with van der Waals surface area (Å²) < 4.78 is 19.1. The van der Waals surface area contributed by atoms with Crippen LogP contribution in [0.2, 0.25) is 5.02 Å². The molecule has 1 N–H and O–H groups in total. The standard InChI is InChI=1S/C12H9ClFN3O4S2/c1-21-10(19)4-22-9-3-8(7(14)2-6(9)13)15-11-16-17(5-18)12(20)23-11/h2-3,5H,4H2,1H3,(H,15,16). The van der Waals surface area contributed by atoms with Crippen molar-refractivity contribution in [2.75, 3.05) is 12.9 Å². The van der Waals surface area contributed by atoms with Gasteiger partial charge in [0, 0.05) is 4.90 Å². The molecule has 0 radical (unpaired) electrons. The average molecular weight is 378 g/mol. The lowest BCUT2D eigenvalue weighted by molar-refractivity contribution is -0.137. The van der Waals surface area contributed by atoms with Crippen molar-refractivity contribution in [3.8, 4) is 0 Å². The van der Waals surface area contributed by atoms with E-state index in [9.17, 15) is 18.8 Å². The molecule has 0 aliphatic rings. The summed E-state index contributed by atoms with van der Waals surface area (Å²) >= 11 is 7.63. The summed E-state index contributed by atoms with van der Waals surface area (Å²) in [7, 11) is 1.26. The lowest BCUT2D eigenvalue weighted by Crippen LogP contribution is -2.14. The first-order valence-electron chi connectivity index (χ1n) is 5.95. The van der Waals surface area contributed by atoms with Crippen molar-refractivity contribution in [3.05, 3.63) is 37.4 Å². The van der Waals surface area contributed by atoms with Crippen LogP contribution in [0, 0.1) is 5.82 Å². The zero-order valence-electron chi connectivity index (χ0n) is 11.5. The van der Waals surface area contributed by atoms with Crippen LogP contribution in [-0.4, -0.2) is 35.0 Å². The first-order valence-corrected chi connectivity index (χ1v) is 8.13. The van der Waals surface area contributed by atoms with E-state index in [-0.39, 0.29) is 27.7 Å². The monoisotopic (exact) mass is 377 g/mol. The van der Waals surface area contributed by atoms with Gasteiger partial charge in [0.25, 0.3) is 0 Å². The zero-order valence-corrected chi connectivity index (χ0v) is 13.9. The molecule has 1 aromatic heterocycles. The van der Waals surface area contributed by atoms with Crippen LogP contribution in [0.4, 0.5) is 10.1 Å². The number of H-pyrrole nitrogens is 1. The zero-order chi connectivity index (χ0) is 17.0. The highest BCUT2D eigenvalue weighted by molar-refractivity contribution is 8.00. The number of aromatic amines is 1. The van der Waals surface area contributed by atoms with Crippen molar-refractivity contribution in [1.82, 2.24) is 9.78 Å². The third-order valence-corrected chi connectivity index (χ3v) is 4.70. The van der Waals surface area contributed by atoms with E-state index in [4.69, 9.17) is 11.6 Å². The molecule has 122 valence electrons. The second kappa shape index (κ2) is 7.57. The minimum atomic E-state index is -0.704. The van der Waals surface area contributed by atoms with Crippen molar-refractivity contribution in [2.24, 2.45) is 4.99 Å². The summed E-state index contributed by atoms with van der Waals surface area (Å²) in [6.07, 6.45) is 0.285. The third-order valence-electron chi connectivity index (χ3n) is 2.50. The number of nitrogens with one attached hydrogen (secondary N) is 1. The Morgan fingerprint density at radius 1 is 1.61 bits per heavy atom. The largest absolute Gasteiger partial charge is 0.468 e. The van der Waals surface area contributed by atoms with Gasteiger partial charge in [0.2, 0.25) is 11.2 Å². The number of hydrogen-bond acceptors (Lipinski definition) is 7. The summed E-state index contributed by atoms with van der Waals surface area (Å²) in [5.41, 5.74) is -0.0858. The lowest BCUT2D eigenvalue weighted by Gasteiger charge is -2.05. The van der Waals surface area contributed by atoms with Gasteiger partial charge in [-0.25, -0.2) is 9.38 Å². The number of aromatic nitrogens is 2. The molecule has 0 aliphatic heterocycles. The molecular formula is C12H9ClFN3O4S2. The summed E-state index contributed by atoms with van der Waals surface area (Å²) in [4.78, 5) is 37.0. The van der Waals surface area contributed by atoms with E-state index in [1.165, 1.54) is 13.2 Å². The van der Waals surface area contributed by atoms with Crippen molar-refractivity contribution >= 4 is 52.8 Å². The number of carbonyl (C=O) groups excluding carboxylic acids is 2. The number of thioether (sulfide) groups is 1. The van der Waals surface area contributed by atoms with Crippen LogP contribution in [0.3, 0.4) is 0 Å². The molecule has 0 aliphatic carbocycles. The predicted molar refractivity (Wildman–Crippen MR) is 84.5 cm³/mol. The maximum Gasteiger partial charge on any atom is 0.332 e. The van der Waals surface area contributed by atoms with Crippen molar-refractivity contribution < 1.29 is 18.7 Å². The Kier molecular flexibility index (Phi) is 5.74. The fourth-order valence-electron chi connectivity index (χ4n) is 1.44. The van der Waals surface area contributed by atoms with E-state index in [0.717, 1.165) is 17.8 Å². The van der Waals surface area contributed by atoms with Crippen molar-refractivity contribution in [3.63, 3.8) is 0 Å². The molecule has 0 saturated heterocycles. The normalized spacial score (nSPS) is 11.5. The average Bonchev–Trinajstić information content (AvgIpc) is 2.88. The molecule has 0 fully saturated rings. The minimum Gasteiger partial charge on any atom is -0.468 e. The Bertz CT molecular complexity index is 874. The van der Waals surface area contributed by atoms with Gasteiger partial charge in [0.1, 0.15) is 11.5 Å². The summed E-state index contributed by atoms with van der Waals surface area (Å²) in [5, 5.41) is 2.53. The van der Waals surface area contributed by atoms with Gasteiger partial charge in [-0.05, 0) is 23.5 Å². The highest BCUT2D eigenvalue weighted by Gasteiger charge is 2.11. The molecule has 11 heteroatoms. The molecule has 0 amide bonds. The number of hydrogen-bond donors (Lipinski definition) is 1. The Hall–Kier alpha value is -1.91. The molecule has 2 aromatic rings. The van der Waals surface area contributed by atoms with Crippen LogP contribution in [0.25, 0.3) is 0 Å². The lowest BCUT2D eigenvalue weighted by atomic mass is 10.3. The van der Waals surface area contributed by atoms with Gasteiger partial charge >= 0.3 is 10.8 Å². The van der Waals surface area contributed by atoms with E-state index in [1.54, 1.807) is 0 Å². The molecule has 0 unspecified atom stereocenters. The van der Waals surface area contributed by atoms with E-state index in [0.29, 0.717) is 20.9 Å². The second-order valence-corrected chi connectivity index (χ2v) is 6.34. The van der Waals surface area contributed by atoms with Crippen LogP contribution in [0.1, 0.15) is 0 Å². The summed E-state index contributed by atoms with van der Waals surface area (Å²) in [6.45, 7) is 0. The quantitative estimate of drug-likeness (QED) is 0.485. The van der Waals surface area contributed by atoms with Gasteiger partial charge in [-0.15, -0.1) is 11.8 Å². The first kappa shape index (κ1) is 17.4. The number of esters is 1. The van der Waals surface area contributed by atoms with Crippen LogP contribution in [-0.2, 0) is 14.3 Å². The van der Waals surface area contributed by atoms with Crippen LogP contribution in [0.5, 0.6) is 0 Å². The molecular weight excluding hydrogens is 369 g/mol. The third kappa shape index (κ3) is 4.30. The minimum absolute atomic E-state index is 0.00225. The Labute approximate surface area is 141 Å². The van der Waals surface area contributed by atoms with E-state index in [2.05, 4.69) is 14.8 Å². The number of ether oxygens (including phenoxy) is 1. The molecule has 0 saturated carbocycles. The molecule has 7 nitrogen and oxygen atoms in total. The molecule has 23 heavy (non-hydrogen) atoms. The number of carbonyl (C=O) groups is 2. The molecule has 1 heterocycles. The van der Waals surface area contributed by atoms with Gasteiger partial charge in [0.05, 0.1) is 17.9 Å². The smallest absolute Gasteiger partial charge is 0.332 e. The number of methoxy groups -OCH3 is 1. The van der Waals surface area contributed by atoms with Gasteiger partial charge in [-0.1, -0.05) is 11.6 Å². The number of benzene rings is 1. The fraction of sp³-hybridized carbons (Fsp3) is 0.167. The highest BCUT2D eigenvalue weighted by atomic mass is 35.5. The Balaban J connectivity index is 2.40. The Morgan fingerprint density at radius 2 is 2.35 bits per heavy atom. The molecule has 0 spiro atoms. The van der Waals surface area contributed by atoms with Crippen molar-refractivity contribution in [1.29, 1.82) is 0 Å². The molecule has 2 rings (SSSR count). The van der Waals surface area contributed by atoms with Crippen LogP contribution in [0.15, 0.2) is 26.8 Å². The SMILES string of the molecule is COC(=O)CSc1cc(/N=c2/[nH]n(C=O)c(=O)s2)c(F)cc1Cl. The Morgan fingerprint density at radius 3 is 2.96 bits per heavy atom. The van der Waals surface area contributed by atoms with Gasteiger partial charge in [-0.2, -0.15) is 4.68 Å². The molecule has 1 aromatic carbocycles. The second-order valence-electron chi connectivity index (χ2n) is 3.97. The van der Waals surface area contributed by atoms with Crippen molar-refractivity contribution in [2.45, 2.75) is 4.90 Å². The number of rotatable bonds is 5. The first-order chi connectivity index (χ1) is 10.9.